The third-order valence-corrected chi connectivity index (χ3v) is 9.08. The summed E-state index contributed by atoms with van der Waals surface area (Å²) in [4.78, 5) is 13.5. The SMILES string of the molecule is CCOC(=O)C1=CC(=C(c2ccc(Cl)cc2)c2ccc(Cl)cc2)N(S(=O)(=O)c2ccc(C)cc2)C1c1ccccc1. The summed E-state index contributed by atoms with van der Waals surface area (Å²) >= 11 is 12.5. The monoisotopic (exact) mass is 603 g/mol. The van der Waals surface area contributed by atoms with Crippen molar-refractivity contribution in [1.29, 1.82) is 0 Å². The maximum absolute atomic E-state index is 14.6. The number of rotatable bonds is 7. The molecule has 41 heavy (non-hydrogen) atoms. The van der Waals surface area contributed by atoms with Gasteiger partial charge in [0.2, 0.25) is 0 Å². The Bertz CT molecular complexity index is 1680. The molecule has 0 radical (unpaired) electrons. The molecule has 0 aromatic heterocycles. The van der Waals surface area contributed by atoms with Gasteiger partial charge in [0.25, 0.3) is 10.0 Å². The second kappa shape index (κ2) is 12.0. The maximum Gasteiger partial charge on any atom is 0.336 e. The van der Waals surface area contributed by atoms with Crippen LogP contribution in [-0.2, 0) is 19.6 Å². The summed E-state index contributed by atoms with van der Waals surface area (Å²) in [6.07, 6.45) is 1.62. The number of aryl methyl sites for hydroxylation is 1. The fourth-order valence-corrected chi connectivity index (χ4v) is 6.74. The first kappa shape index (κ1) is 28.7. The van der Waals surface area contributed by atoms with Crippen LogP contribution >= 0.6 is 23.2 Å². The number of halogens is 2. The number of carbonyl (C=O) groups is 1. The van der Waals surface area contributed by atoms with Crippen LogP contribution in [0.25, 0.3) is 5.57 Å². The number of allylic oxidation sites excluding steroid dienone is 1. The number of hydrogen-bond donors (Lipinski definition) is 0. The number of benzene rings is 4. The quantitative estimate of drug-likeness (QED) is 0.201. The van der Waals surface area contributed by atoms with Gasteiger partial charge in [-0.2, -0.15) is 0 Å². The number of nitrogens with zero attached hydrogens (tertiary/aromatic N) is 1. The molecule has 1 heterocycles. The normalized spacial score (nSPS) is 15.0. The highest BCUT2D eigenvalue weighted by Crippen LogP contribution is 2.47. The van der Waals surface area contributed by atoms with Gasteiger partial charge in [-0.3, -0.25) is 4.31 Å². The molecule has 0 saturated carbocycles. The van der Waals surface area contributed by atoms with Crippen LogP contribution in [0.1, 0.15) is 35.2 Å². The van der Waals surface area contributed by atoms with Gasteiger partial charge >= 0.3 is 5.97 Å². The van der Waals surface area contributed by atoms with Crippen molar-refractivity contribution >= 4 is 44.8 Å². The summed E-state index contributed by atoms with van der Waals surface area (Å²) < 4.78 is 36.0. The molecule has 0 aliphatic carbocycles. The summed E-state index contributed by atoms with van der Waals surface area (Å²) in [7, 11) is -4.20. The molecule has 0 fully saturated rings. The van der Waals surface area contributed by atoms with E-state index < -0.39 is 22.0 Å². The number of carbonyl (C=O) groups excluding carboxylic acids is 1. The van der Waals surface area contributed by atoms with Crippen LogP contribution in [0.15, 0.2) is 125 Å². The molecule has 1 unspecified atom stereocenters. The van der Waals surface area contributed by atoms with E-state index >= 15 is 0 Å². The molecule has 0 bridgehead atoms. The van der Waals surface area contributed by atoms with E-state index in [4.69, 9.17) is 27.9 Å². The molecule has 0 saturated heterocycles. The highest BCUT2D eigenvalue weighted by Gasteiger charge is 2.44. The van der Waals surface area contributed by atoms with Crippen molar-refractivity contribution in [2.45, 2.75) is 24.8 Å². The van der Waals surface area contributed by atoms with Crippen LogP contribution in [0.2, 0.25) is 10.0 Å². The van der Waals surface area contributed by atoms with Crippen molar-refractivity contribution < 1.29 is 17.9 Å². The van der Waals surface area contributed by atoms with Crippen molar-refractivity contribution in [3.8, 4) is 0 Å². The molecule has 8 heteroatoms. The van der Waals surface area contributed by atoms with Crippen LogP contribution in [0.4, 0.5) is 0 Å². The van der Waals surface area contributed by atoms with Crippen LogP contribution < -0.4 is 0 Å². The molecular weight excluding hydrogens is 577 g/mol. The molecule has 1 atom stereocenters. The molecule has 5 rings (SSSR count). The van der Waals surface area contributed by atoms with Gasteiger partial charge in [-0.15, -0.1) is 0 Å². The molecule has 0 amide bonds. The van der Waals surface area contributed by atoms with Gasteiger partial charge in [0, 0.05) is 15.6 Å². The third-order valence-electron chi connectivity index (χ3n) is 6.78. The topological polar surface area (TPSA) is 63.7 Å². The van der Waals surface area contributed by atoms with Crippen molar-refractivity contribution in [1.82, 2.24) is 4.31 Å². The van der Waals surface area contributed by atoms with Gasteiger partial charge in [0.1, 0.15) is 6.04 Å². The Morgan fingerprint density at radius 1 is 0.805 bits per heavy atom. The number of esters is 1. The minimum Gasteiger partial charge on any atom is -0.463 e. The first-order chi connectivity index (χ1) is 19.7. The van der Waals surface area contributed by atoms with E-state index in [1.807, 2.05) is 61.5 Å². The predicted molar refractivity (Wildman–Crippen MR) is 163 cm³/mol. The predicted octanol–water partition coefficient (Wildman–Crippen LogP) is 8.00. The number of ether oxygens (including phenoxy) is 1. The van der Waals surface area contributed by atoms with Gasteiger partial charge in [0.05, 0.1) is 22.8 Å². The van der Waals surface area contributed by atoms with Gasteiger partial charge < -0.3 is 4.74 Å². The van der Waals surface area contributed by atoms with Gasteiger partial charge in [-0.1, -0.05) is 95.5 Å². The van der Waals surface area contributed by atoms with Crippen molar-refractivity contribution in [2.24, 2.45) is 0 Å². The number of hydrogen-bond acceptors (Lipinski definition) is 4. The minimum absolute atomic E-state index is 0.103. The van der Waals surface area contributed by atoms with Crippen LogP contribution in [-0.4, -0.2) is 25.3 Å². The van der Waals surface area contributed by atoms with Crippen LogP contribution in [0.3, 0.4) is 0 Å². The lowest BCUT2D eigenvalue weighted by Crippen LogP contribution is -2.33. The lowest BCUT2D eigenvalue weighted by molar-refractivity contribution is -0.138. The minimum atomic E-state index is -4.20. The van der Waals surface area contributed by atoms with E-state index in [9.17, 15) is 13.2 Å². The fraction of sp³-hybridized carbons (Fsp3) is 0.121. The Morgan fingerprint density at radius 3 is 1.85 bits per heavy atom. The summed E-state index contributed by atoms with van der Waals surface area (Å²) in [5.41, 5.74) is 4.11. The zero-order valence-corrected chi connectivity index (χ0v) is 24.7. The molecule has 1 aliphatic rings. The van der Waals surface area contributed by atoms with E-state index in [0.29, 0.717) is 38.0 Å². The van der Waals surface area contributed by atoms with E-state index in [-0.39, 0.29) is 17.1 Å². The van der Waals surface area contributed by atoms with Crippen molar-refractivity contribution in [3.05, 3.63) is 153 Å². The molecule has 0 spiro atoms. The smallest absolute Gasteiger partial charge is 0.336 e. The standard InChI is InChI=1S/C33H27Cl2NO4S/c1-3-40-33(37)29-21-30(31(23-11-15-26(34)16-12-23)24-13-17-27(35)18-14-24)36(32(29)25-7-5-4-6-8-25)41(38,39)28-19-9-22(2)10-20-28/h4-21,32H,3H2,1-2H3. The molecule has 4 aromatic rings. The van der Waals surface area contributed by atoms with Gasteiger partial charge in [-0.25, -0.2) is 13.2 Å². The third kappa shape index (κ3) is 5.82. The molecular formula is C33H27Cl2NO4S. The van der Waals surface area contributed by atoms with Crippen molar-refractivity contribution in [3.63, 3.8) is 0 Å². The summed E-state index contributed by atoms with van der Waals surface area (Å²) in [5.74, 6) is -0.591. The van der Waals surface area contributed by atoms with E-state index in [2.05, 4.69) is 0 Å². The highest BCUT2D eigenvalue weighted by molar-refractivity contribution is 7.89. The van der Waals surface area contributed by atoms with E-state index in [1.54, 1.807) is 61.5 Å². The van der Waals surface area contributed by atoms with Crippen LogP contribution in [0, 0.1) is 6.92 Å². The lowest BCUT2D eigenvalue weighted by Gasteiger charge is -2.31. The first-order valence-corrected chi connectivity index (χ1v) is 15.2. The summed E-state index contributed by atoms with van der Waals surface area (Å²) in [6.45, 7) is 3.75. The Hall–Kier alpha value is -3.84. The summed E-state index contributed by atoms with van der Waals surface area (Å²) in [5, 5.41) is 1.07. The molecule has 208 valence electrons. The molecule has 5 nitrogen and oxygen atoms in total. The Balaban J connectivity index is 1.88. The molecule has 0 N–H and O–H groups in total. The average Bonchev–Trinajstić information content (AvgIpc) is 3.37. The maximum atomic E-state index is 14.6. The van der Waals surface area contributed by atoms with E-state index in [0.717, 1.165) is 5.56 Å². The molecule has 1 aliphatic heterocycles. The van der Waals surface area contributed by atoms with Gasteiger partial charge in [0.15, 0.2) is 0 Å². The first-order valence-electron chi connectivity index (χ1n) is 13.0. The second-order valence-corrected chi connectivity index (χ2v) is 12.2. The molecule has 4 aromatic carbocycles. The fourth-order valence-electron chi connectivity index (χ4n) is 4.86. The second-order valence-electron chi connectivity index (χ2n) is 9.52. The summed E-state index contributed by atoms with van der Waals surface area (Å²) in [6, 6.07) is 29.0. The largest absolute Gasteiger partial charge is 0.463 e. The Labute approximate surface area is 250 Å². The zero-order chi connectivity index (χ0) is 29.1. The highest BCUT2D eigenvalue weighted by atomic mass is 35.5. The number of sulfonamides is 1. The Morgan fingerprint density at radius 2 is 1.34 bits per heavy atom. The van der Waals surface area contributed by atoms with Gasteiger partial charge in [-0.05, 0) is 73.0 Å². The van der Waals surface area contributed by atoms with Crippen molar-refractivity contribution in [2.75, 3.05) is 6.61 Å². The Kier molecular flexibility index (Phi) is 8.36. The lowest BCUT2D eigenvalue weighted by atomic mass is 9.96. The average molecular weight is 605 g/mol. The van der Waals surface area contributed by atoms with Crippen LogP contribution in [0.5, 0.6) is 0 Å². The van der Waals surface area contributed by atoms with E-state index in [1.165, 1.54) is 4.31 Å². The zero-order valence-electron chi connectivity index (χ0n) is 22.4.